The van der Waals surface area contributed by atoms with Crippen LogP contribution >= 0.6 is 11.6 Å². The Kier molecular flexibility index (Phi) is 6.17. The highest BCUT2D eigenvalue weighted by molar-refractivity contribution is 6.30. The van der Waals surface area contributed by atoms with Crippen LogP contribution in [0.15, 0.2) is 54.7 Å². The number of aromatic nitrogens is 3. The van der Waals surface area contributed by atoms with Gasteiger partial charge < -0.3 is 16.0 Å². The van der Waals surface area contributed by atoms with E-state index in [1.54, 1.807) is 30.5 Å². The number of halogens is 1. The Morgan fingerprint density at radius 3 is 2.41 bits per heavy atom. The van der Waals surface area contributed by atoms with Gasteiger partial charge in [0.2, 0.25) is 0 Å². The van der Waals surface area contributed by atoms with E-state index < -0.39 is 0 Å². The van der Waals surface area contributed by atoms with Gasteiger partial charge in [0.15, 0.2) is 5.82 Å². The van der Waals surface area contributed by atoms with Crippen molar-refractivity contribution in [1.82, 2.24) is 20.5 Å². The lowest BCUT2D eigenvalue weighted by Crippen LogP contribution is -2.28. The lowest BCUT2D eigenvalue weighted by Gasteiger charge is -2.08. The molecule has 0 bridgehead atoms. The first-order chi connectivity index (χ1) is 13.1. The summed E-state index contributed by atoms with van der Waals surface area (Å²) in [7, 11) is 0. The van der Waals surface area contributed by atoms with Gasteiger partial charge in [-0.25, -0.2) is 4.98 Å². The molecule has 0 aliphatic carbocycles. The van der Waals surface area contributed by atoms with Crippen LogP contribution in [0.2, 0.25) is 5.02 Å². The van der Waals surface area contributed by atoms with Crippen LogP contribution in [0.25, 0.3) is 0 Å². The molecule has 0 saturated heterocycles. The summed E-state index contributed by atoms with van der Waals surface area (Å²) in [5, 5.41) is 17.8. The number of nitrogens with zero attached hydrogens (tertiary/aromatic N) is 3. The van der Waals surface area contributed by atoms with Crippen molar-refractivity contribution in [3.63, 3.8) is 0 Å². The van der Waals surface area contributed by atoms with Crippen molar-refractivity contribution >= 4 is 35.0 Å². The van der Waals surface area contributed by atoms with E-state index in [-0.39, 0.29) is 5.91 Å². The van der Waals surface area contributed by atoms with Crippen molar-refractivity contribution in [1.29, 1.82) is 0 Å². The fourth-order valence-corrected chi connectivity index (χ4v) is 2.42. The second kappa shape index (κ2) is 8.95. The molecular formula is C19H19ClN6O. The summed E-state index contributed by atoms with van der Waals surface area (Å²) in [5.74, 6) is 1.80. The highest BCUT2D eigenvalue weighted by atomic mass is 35.5. The standard InChI is InChI=1S/C19H19ClN6O/c1-13-8-9-21-18(12-13)24-17-7-6-16(25-26-17)22-10-11-23-19(27)14-2-4-15(20)5-3-14/h2-9,12H,10-11H2,1H3,(H,22,25)(H,23,27)(H,21,24,26). The number of hydrogen-bond acceptors (Lipinski definition) is 6. The third-order valence-electron chi connectivity index (χ3n) is 3.66. The second-order valence-corrected chi connectivity index (χ2v) is 6.27. The average Bonchev–Trinajstić information content (AvgIpc) is 2.67. The van der Waals surface area contributed by atoms with E-state index >= 15 is 0 Å². The van der Waals surface area contributed by atoms with Crippen LogP contribution in [-0.4, -0.2) is 34.2 Å². The fraction of sp³-hybridized carbons (Fsp3) is 0.158. The molecule has 3 N–H and O–H groups in total. The average molecular weight is 383 g/mol. The molecule has 3 aromatic rings. The number of benzene rings is 1. The number of nitrogens with one attached hydrogen (secondary N) is 3. The van der Waals surface area contributed by atoms with Gasteiger partial charge in [-0.05, 0) is 61.0 Å². The van der Waals surface area contributed by atoms with Crippen molar-refractivity contribution in [2.75, 3.05) is 23.7 Å². The zero-order chi connectivity index (χ0) is 19.1. The summed E-state index contributed by atoms with van der Waals surface area (Å²) in [6.45, 7) is 2.98. The van der Waals surface area contributed by atoms with E-state index in [0.29, 0.717) is 35.3 Å². The first-order valence-electron chi connectivity index (χ1n) is 8.41. The van der Waals surface area contributed by atoms with Gasteiger partial charge >= 0.3 is 0 Å². The van der Waals surface area contributed by atoms with Crippen LogP contribution in [0, 0.1) is 6.92 Å². The molecule has 0 aliphatic rings. The minimum Gasteiger partial charge on any atom is -0.367 e. The molecule has 2 heterocycles. The Morgan fingerprint density at radius 1 is 0.963 bits per heavy atom. The lowest BCUT2D eigenvalue weighted by atomic mass is 10.2. The number of amides is 1. The number of hydrogen-bond donors (Lipinski definition) is 3. The lowest BCUT2D eigenvalue weighted by molar-refractivity contribution is 0.0955. The van der Waals surface area contributed by atoms with Gasteiger partial charge in [0, 0.05) is 29.9 Å². The topological polar surface area (TPSA) is 91.8 Å². The molecule has 0 saturated carbocycles. The number of carbonyl (C=O) groups excluding carboxylic acids is 1. The normalized spacial score (nSPS) is 10.3. The molecule has 27 heavy (non-hydrogen) atoms. The van der Waals surface area contributed by atoms with E-state index in [1.807, 2.05) is 31.2 Å². The van der Waals surface area contributed by atoms with Gasteiger partial charge in [-0.2, -0.15) is 0 Å². The van der Waals surface area contributed by atoms with Crippen LogP contribution in [0.3, 0.4) is 0 Å². The van der Waals surface area contributed by atoms with Crippen molar-refractivity contribution < 1.29 is 4.79 Å². The number of rotatable bonds is 7. The molecule has 0 unspecified atom stereocenters. The Balaban J connectivity index is 1.43. The third-order valence-corrected chi connectivity index (χ3v) is 3.91. The van der Waals surface area contributed by atoms with E-state index in [9.17, 15) is 4.79 Å². The molecule has 0 atom stereocenters. The van der Waals surface area contributed by atoms with Crippen LogP contribution in [0.4, 0.5) is 17.5 Å². The maximum atomic E-state index is 12.0. The van der Waals surface area contributed by atoms with Gasteiger partial charge in [-0.15, -0.1) is 10.2 Å². The molecule has 1 amide bonds. The molecule has 0 spiro atoms. The number of carbonyl (C=O) groups is 1. The molecule has 7 nitrogen and oxygen atoms in total. The monoisotopic (exact) mass is 382 g/mol. The predicted molar refractivity (Wildman–Crippen MR) is 107 cm³/mol. The molecule has 1 aromatic carbocycles. The smallest absolute Gasteiger partial charge is 0.251 e. The van der Waals surface area contributed by atoms with Gasteiger partial charge in [0.25, 0.3) is 5.91 Å². The zero-order valence-corrected chi connectivity index (χ0v) is 15.5. The van der Waals surface area contributed by atoms with Crippen LogP contribution in [0.5, 0.6) is 0 Å². The molecule has 138 valence electrons. The minimum atomic E-state index is -0.148. The predicted octanol–water partition coefficient (Wildman–Crippen LogP) is 3.42. The molecule has 2 aromatic heterocycles. The van der Waals surface area contributed by atoms with E-state index in [0.717, 1.165) is 11.4 Å². The summed E-state index contributed by atoms with van der Waals surface area (Å²) in [6, 6.07) is 14.2. The first kappa shape index (κ1) is 18.6. The molecule has 3 rings (SSSR count). The highest BCUT2D eigenvalue weighted by Crippen LogP contribution is 2.13. The first-order valence-corrected chi connectivity index (χ1v) is 8.79. The van der Waals surface area contributed by atoms with E-state index in [2.05, 4.69) is 31.1 Å². The summed E-state index contributed by atoms with van der Waals surface area (Å²) in [4.78, 5) is 16.2. The second-order valence-electron chi connectivity index (χ2n) is 5.84. The van der Waals surface area contributed by atoms with Gasteiger partial charge in [-0.3, -0.25) is 4.79 Å². The summed E-state index contributed by atoms with van der Waals surface area (Å²) >= 11 is 5.81. The van der Waals surface area contributed by atoms with Gasteiger partial charge in [0.1, 0.15) is 11.6 Å². The molecular weight excluding hydrogens is 364 g/mol. The van der Waals surface area contributed by atoms with E-state index in [1.165, 1.54) is 0 Å². The maximum Gasteiger partial charge on any atom is 0.251 e. The fourth-order valence-electron chi connectivity index (χ4n) is 2.30. The summed E-state index contributed by atoms with van der Waals surface area (Å²) in [5.41, 5.74) is 1.68. The maximum absolute atomic E-state index is 12.0. The van der Waals surface area contributed by atoms with Crippen molar-refractivity contribution in [2.24, 2.45) is 0 Å². The number of aryl methyl sites for hydroxylation is 1. The Labute approximate surface area is 162 Å². The number of anilines is 3. The zero-order valence-electron chi connectivity index (χ0n) is 14.7. The molecule has 0 radical (unpaired) electrons. The van der Waals surface area contributed by atoms with Gasteiger partial charge in [0.05, 0.1) is 0 Å². The third kappa shape index (κ3) is 5.65. The molecule has 0 fully saturated rings. The van der Waals surface area contributed by atoms with Gasteiger partial charge in [-0.1, -0.05) is 11.6 Å². The van der Waals surface area contributed by atoms with E-state index in [4.69, 9.17) is 11.6 Å². The number of pyridine rings is 1. The van der Waals surface area contributed by atoms with Crippen molar-refractivity contribution in [2.45, 2.75) is 6.92 Å². The largest absolute Gasteiger partial charge is 0.367 e. The highest BCUT2D eigenvalue weighted by Gasteiger charge is 2.04. The minimum absolute atomic E-state index is 0.148. The Morgan fingerprint density at radius 2 is 1.70 bits per heavy atom. The molecule has 8 heteroatoms. The quantitative estimate of drug-likeness (QED) is 0.542. The van der Waals surface area contributed by atoms with Crippen LogP contribution in [-0.2, 0) is 0 Å². The Bertz CT molecular complexity index is 899. The van der Waals surface area contributed by atoms with Crippen LogP contribution in [0.1, 0.15) is 15.9 Å². The van der Waals surface area contributed by atoms with Crippen molar-refractivity contribution in [3.8, 4) is 0 Å². The summed E-state index contributed by atoms with van der Waals surface area (Å²) in [6.07, 6.45) is 1.74. The Hall–Kier alpha value is -3.19. The summed E-state index contributed by atoms with van der Waals surface area (Å²) < 4.78 is 0. The van der Waals surface area contributed by atoms with Crippen molar-refractivity contribution in [3.05, 3.63) is 70.9 Å². The molecule has 0 aliphatic heterocycles. The van der Waals surface area contributed by atoms with Crippen LogP contribution < -0.4 is 16.0 Å². The SMILES string of the molecule is Cc1ccnc(Nc2ccc(NCCNC(=O)c3ccc(Cl)cc3)nn2)c1.